The Balaban J connectivity index is 1.70. The van der Waals surface area contributed by atoms with E-state index >= 15 is 0 Å². The summed E-state index contributed by atoms with van der Waals surface area (Å²) in [6.07, 6.45) is 1.63. The van der Waals surface area contributed by atoms with Gasteiger partial charge in [0.1, 0.15) is 6.61 Å². The van der Waals surface area contributed by atoms with Gasteiger partial charge >= 0.3 is 0 Å². The molecule has 0 aromatic heterocycles. The molecular weight excluding hydrogens is 521 g/mol. The summed E-state index contributed by atoms with van der Waals surface area (Å²) in [5.74, 6) is 1.20. The Morgan fingerprint density at radius 1 is 1.20 bits per heavy atom. The van der Waals surface area contributed by atoms with Crippen molar-refractivity contribution in [2.24, 2.45) is 5.10 Å². The molecule has 0 aliphatic carbocycles. The van der Waals surface area contributed by atoms with Crippen molar-refractivity contribution in [3.05, 3.63) is 90.5 Å². The lowest BCUT2D eigenvalue weighted by atomic mass is 10.2. The van der Waals surface area contributed by atoms with E-state index in [4.69, 9.17) is 21.1 Å². The van der Waals surface area contributed by atoms with Gasteiger partial charge in [-0.3, -0.25) is 15.5 Å². The molecular formula is C21H17ClIN3O4. The maximum Gasteiger partial charge on any atom is 0.269 e. The minimum absolute atomic E-state index is 0.0243. The number of benzene rings is 3. The lowest BCUT2D eigenvalue weighted by Crippen LogP contribution is -2.01. The van der Waals surface area contributed by atoms with Crippen LogP contribution in [0.4, 0.5) is 11.4 Å². The van der Waals surface area contributed by atoms with E-state index in [1.54, 1.807) is 25.5 Å². The summed E-state index contributed by atoms with van der Waals surface area (Å²) in [6, 6.07) is 17.2. The molecule has 0 bridgehead atoms. The van der Waals surface area contributed by atoms with Crippen molar-refractivity contribution in [3.8, 4) is 11.5 Å². The maximum atomic E-state index is 10.7. The standard InChI is InChI=1S/C21H17ClIN3O4/c1-29-20-11-14(12-24-25-16-6-8-17(9-7-16)26(27)28)10-19(23)21(20)30-13-15-4-2-3-5-18(15)22/h2-12,25H,13H2,1H3/b24-12+. The number of non-ortho nitro benzene ring substituents is 1. The first-order chi connectivity index (χ1) is 14.5. The predicted octanol–water partition coefficient (Wildman–Crippen LogP) is 5.89. The molecule has 0 unspecified atom stereocenters. The van der Waals surface area contributed by atoms with Gasteiger partial charge in [0.05, 0.1) is 27.5 Å². The van der Waals surface area contributed by atoms with Gasteiger partial charge in [0, 0.05) is 22.7 Å². The second kappa shape index (κ2) is 10.3. The molecule has 0 aliphatic rings. The zero-order valence-electron chi connectivity index (χ0n) is 15.8. The number of nitrogens with zero attached hydrogens (tertiary/aromatic N) is 2. The van der Waals surface area contributed by atoms with Crippen LogP contribution in [0, 0.1) is 13.7 Å². The Morgan fingerprint density at radius 3 is 2.60 bits per heavy atom. The summed E-state index contributed by atoms with van der Waals surface area (Å²) in [7, 11) is 1.57. The Hall–Kier alpha value is -2.85. The van der Waals surface area contributed by atoms with Crippen LogP contribution in [-0.2, 0) is 6.61 Å². The van der Waals surface area contributed by atoms with E-state index in [9.17, 15) is 10.1 Å². The van der Waals surface area contributed by atoms with Crippen LogP contribution < -0.4 is 14.9 Å². The van der Waals surface area contributed by atoms with Gasteiger partial charge in [-0.2, -0.15) is 5.10 Å². The molecule has 9 heteroatoms. The van der Waals surface area contributed by atoms with Crippen molar-refractivity contribution in [2.45, 2.75) is 6.61 Å². The molecule has 3 aromatic carbocycles. The van der Waals surface area contributed by atoms with Gasteiger partial charge in [-0.1, -0.05) is 29.8 Å². The highest BCUT2D eigenvalue weighted by Crippen LogP contribution is 2.34. The van der Waals surface area contributed by atoms with Crippen LogP contribution in [0.5, 0.6) is 11.5 Å². The van der Waals surface area contributed by atoms with E-state index in [0.717, 1.165) is 14.7 Å². The van der Waals surface area contributed by atoms with E-state index in [1.807, 2.05) is 36.4 Å². The monoisotopic (exact) mass is 537 g/mol. The van der Waals surface area contributed by atoms with Crippen molar-refractivity contribution < 1.29 is 14.4 Å². The lowest BCUT2D eigenvalue weighted by Gasteiger charge is -2.14. The fraction of sp³-hybridized carbons (Fsp3) is 0.0952. The number of nitrogens with one attached hydrogen (secondary N) is 1. The van der Waals surface area contributed by atoms with E-state index in [1.165, 1.54) is 12.1 Å². The Bertz CT molecular complexity index is 1070. The molecule has 7 nitrogen and oxygen atoms in total. The molecule has 0 aliphatic heterocycles. The maximum absolute atomic E-state index is 10.7. The third kappa shape index (κ3) is 5.61. The minimum Gasteiger partial charge on any atom is -0.493 e. The van der Waals surface area contributed by atoms with Crippen LogP contribution in [0.1, 0.15) is 11.1 Å². The summed E-state index contributed by atoms with van der Waals surface area (Å²) >= 11 is 8.37. The fourth-order valence-electron chi connectivity index (χ4n) is 2.56. The highest BCUT2D eigenvalue weighted by molar-refractivity contribution is 14.1. The Morgan fingerprint density at radius 2 is 1.93 bits per heavy atom. The second-order valence-corrected chi connectivity index (χ2v) is 7.66. The van der Waals surface area contributed by atoms with Crippen molar-refractivity contribution >= 4 is 51.8 Å². The number of hydrazone groups is 1. The molecule has 0 fully saturated rings. The highest BCUT2D eigenvalue weighted by Gasteiger charge is 2.12. The summed E-state index contributed by atoms with van der Waals surface area (Å²) in [6.45, 7) is 0.321. The molecule has 0 heterocycles. The predicted molar refractivity (Wildman–Crippen MR) is 126 cm³/mol. The number of nitro groups is 1. The minimum atomic E-state index is -0.448. The summed E-state index contributed by atoms with van der Waals surface area (Å²) in [5.41, 5.74) is 5.19. The number of hydrogen-bond acceptors (Lipinski definition) is 6. The number of anilines is 1. The first kappa shape index (κ1) is 21.8. The average molecular weight is 538 g/mol. The largest absolute Gasteiger partial charge is 0.493 e. The fourth-order valence-corrected chi connectivity index (χ4v) is 3.53. The van der Waals surface area contributed by atoms with E-state index in [-0.39, 0.29) is 5.69 Å². The first-order valence-corrected chi connectivity index (χ1v) is 10.2. The SMILES string of the molecule is COc1cc(/C=N/Nc2ccc([N+](=O)[O-])cc2)cc(I)c1OCc1ccccc1Cl. The van der Waals surface area contributed by atoms with Gasteiger partial charge in [-0.05, 0) is 58.5 Å². The molecule has 0 amide bonds. The average Bonchev–Trinajstić information content (AvgIpc) is 2.74. The van der Waals surface area contributed by atoms with Crippen LogP contribution in [0.3, 0.4) is 0 Å². The van der Waals surface area contributed by atoms with Gasteiger partial charge in [0.2, 0.25) is 0 Å². The molecule has 0 spiro atoms. The van der Waals surface area contributed by atoms with Gasteiger partial charge in [0.15, 0.2) is 11.5 Å². The number of rotatable bonds is 8. The molecule has 30 heavy (non-hydrogen) atoms. The molecule has 1 N–H and O–H groups in total. The van der Waals surface area contributed by atoms with Crippen LogP contribution in [0.15, 0.2) is 65.8 Å². The third-order valence-corrected chi connectivity index (χ3v) is 5.24. The van der Waals surface area contributed by atoms with Crippen molar-refractivity contribution in [2.75, 3.05) is 12.5 Å². The topological polar surface area (TPSA) is 86.0 Å². The van der Waals surface area contributed by atoms with E-state index in [2.05, 4.69) is 33.1 Å². The zero-order chi connectivity index (χ0) is 21.5. The van der Waals surface area contributed by atoms with Gasteiger partial charge in [-0.25, -0.2) is 0 Å². The molecule has 0 saturated heterocycles. The van der Waals surface area contributed by atoms with Gasteiger partial charge in [-0.15, -0.1) is 0 Å². The molecule has 154 valence electrons. The number of hydrogen-bond donors (Lipinski definition) is 1. The number of ether oxygens (including phenoxy) is 2. The normalized spacial score (nSPS) is 10.8. The number of methoxy groups -OCH3 is 1. The zero-order valence-corrected chi connectivity index (χ0v) is 18.8. The quantitative estimate of drug-likeness (QED) is 0.168. The second-order valence-electron chi connectivity index (χ2n) is 6.09. The molecule has 3 aromatic rings. The van der Waals surface area contributed by atoms with Crippen molar-refractivity contribution in [1.29, 1.82) is 0 Å². The third-order valence-electron chi connectivity index (χ3n) is 4.07. The molecule has 0 radical (unpaired) electrons. The van der Waals surface area contributed by atoms with Crippen LogP contribution in [0.25, 0.3) is 0 Å². The van der Waals surface area contributed by atoms with Crippen LogP contribution >= 0.6 is 34.2 Å². The molecule has 0 saturated carbocycles. The van der Waals surface area contributed by atoms with Crippen LogP contribution in [-0.4, -0.2) is 18.2 Å². The smallest absolute Gasteiger partial charge is 0.269 e. The number of halogens is 2. The Kier molecular flexibility index (Phi) is 7.47. The first-order valence-electron chi connectivity index (χ1n) is 8.75. The summed E-state index contributed by atoms with van der Waals surface area (Å²) in [5, 5.41) is 15.5. The number of nitro benzene ring substituents is 1. The Labute approximate surface area is 192 Å². The summed E-state index contributed by atoms with van der Waals surface area (Å²) in [4.78, 5) is 10.3. The molecule has 3 rings (SSSR count). The van der Waals surface area contributed by atoms with Crippen LogP contribution in [0.2, 0.25) is 5.02 Å². The van der Waals surface area contributed by atoms with E-state index in [0.29, 0.717) is 28.8 Å². The summed E-state index contributed by atoms with van der Waals surface area (Å²) < 4.78 is 12.3. The lowest BCUT2D eigenvalue weighted by molar-refractivity contribution is -0.384. The highest BCUT2D eigenvalue weighted by atomic mass is 127. The molecule has 0 atom stereocenters. The van der Waals surface area contributed by atoms with Gasteiger partial charge in [0.25, 0.3) is 5.69 Å². The van der Waals surface area contributed by atoms with Crippen molar-refractivity contribution in [3.63, 3.8) is 0 Å². The van der Waals surface area contributed by atoms with Gasteiger partial charge < -0.3 is 9.47 Å². The van der Waals surface area contributed by atoms with Crippen molar-refractivity contribution in [1.82, 2.24) is 0 Å². The van der Waals surface area contributed by atoms with E-state index < -0.39 is 4.92 Å².